The summed E-state index contributed by atoms with van der Waals surface area (Å²) in [6.07, 6.45) is 1.90. The summed E-state index contributed by atoms with van der Waals surface area (Å²) >= 11 is 3.08. The lowest BCUT2D eigenvalue weighted by Gasteiger charge is -2.38. The maximum absolute atomic E-state index is 12.4. The minimum absolute atomic E-state index is 0.0118. The highest BCUT2D eigenvalue weighted by molar-refractivity contribution is 7.97. The van der Waals surface area contributed by atoms with Crippen molar-refractivity contribution in [3.63, 3.8) is 0 Å². The fraction of sp³-hybridized carbons (Fsp3) is 0.524. The number of ether oxygens (including phenoxy) is 1. The van der Waals surface area contributed by atoms with Crippen molar-refractivity contribution in [2.24, 2.45) is 5.92 Å². The highest BCUT2D eigenvalue weighted by Gasteiger charge is 2.33. The van der Waals surface area contributed by atoms with Crippen LogP contribution in [0.1, 0.15) is 20.8 Å². The second-order valence-corrected chi connectivity index (χ2v) is 10.6. The van der Waals surface area contributed by atoms with Crippen LogP contribution in [-0.2, 0) is 9.53 Å². The molecule has 1 amide bonds. The Labute approximate surface area is 195 Å². The van der Waals surface area contributed by atoms with E-state index in [0.717, 1.165) is 52.8 Å². The lowest BCUT2D eigenvalue weighted by atomic mass is 10.0. The Morgan fingerprint density at radius 1 is 1.25 bits per heavy atom. The van der Waals surface area contributed by atoms with Crippen LogP contribution in [0.3, 0.4) is 0 Å². The first-order valence-corrected chi connectivity index (χ1v) is 12.5. The van der Waals surface area contributed by atoms with Crippen LogP contribution in [0, 0.1) is 5.92 Å². The summed E-state index contributed by atoms with van der Waals surface area (Å²) in [5, 5.41) is 14.6. The van der Waals surface area contributed by atoms with Gasteiger partial charge in [-0.15, -0.1) is 10.2 Å². The molecule has 32 heavy (non-hydrogen) atoms. The van der Waals surface area contributed by atoms with Crippen molar-refractivity contribution in [3.8, 4) is 5.13 Å². The van der Waals surface area contributed by atoms with Crippen LogP contribution in [0.2, 0.25) is 0 Å². The van der Waals surface area contributed by atoms with E-state index >= 15 is 0 Å². The molecule has 0 aliphatic carbocycles. The molecule has 0 bridgehead atoms. The van der Waals surface area contributed by atoms with Gasteiger partial charge in [-0.3, -0.25) is 4.79 Å². The van der Waals surface area contributed by atoms with Gasteiger partial charge < -0.3 is 14.5 Å². The molecule has 5 rings (SSSR count). The van der Waals surface area contributed by atoms with Crippen molar-refractivity contribution in [1.82, 2.24) is 29.6 Å². The maximum Gasteiger partial charge on any atom is 0.233 e. The standard InChI is InChI=1S/C21H27N7O2S2/c1-14(2)19(29)27-6-4-26(5-7-27)17-8-15(32-25-21(3)11-30-12-21)9-18-16(17)10-23-28(18)20-24-22-13-31-20/h8-10,13-14,25H,4-7,11-12H2,1-3H3. The minimum Gasteiger partial charge on any atom is -0.377 e. The smallest absolute Gasteiger partial charge is 0.233 e. The number of carbonyl (C=O) groups is 1. The number of benzene rings is 1. The Morgan fingerprint density at radius 2 is 2.03 bits per heavy atom. The summed E-state index contributed by atoms with van der Waals surface area (Å²) in [6, 6.07) is 4.36. The summed E-state index contributed by atoms with van der Waals surface area (Å²) in [7, 11) is 0. The predicted octanol–water partition coefficient (Wildman–Crippen LogP) is 2.57. The van der Waals surface area contributed by atoms with Crippen LogP contribution in [0.15, 0.2) is 28.7 Å². The van der Waals surface area contributed by atoms with Crippen molar-refractivity contribution < 1.29 is 9.53 Å². The van der Waals surface area contributed by atoms with E-state index in [-0.39, 0.29) is 17.4 Å². The zero-order chi connectivity index (χ0) is 22.3. The van der Waals surface area contributed by atoms with E-state index in [1.54, 1.807) is 17.5 Å². The van der Waals surface area contributed by atoms with Crippen molar-refractivity contribution in [2.75, 3.05) is 44.3 Å². The fourth-order valence-electron chi connectivity index (χ4n) is 4.00. The van der Waals surface area contributed by atoms with Gasteiger partial charge in [-0.1, -0.05) is 25.2 Å². The highest BCUT2D eigenvalue weighted by atomic mass is 32.2. The normalized spacial score (nSPS) is 18.4. The lowest BCUT2D eigenvalue weighted by Crippen LogP contribution is -2.55. The van der Waals surface area contributed by atoms with Crippen molar-refractivity contribution in [3.05, 3.63) is 23.8 Å². The van der Waals surface area contributed by atoms with E-state index in [1.807, 2.05) is 29.6 Å². The molecule has 2 aliphatic rings. The molecular weight excluding hydrogens is 446 g/mol. The van der Waals surface area contributed by atoms with Crippen molar-refractivity contribution in [1.29, 1.82) is 0 Å². The van der Waals surface area contributed by atoms with Gasteiger partial charge in [0, 0.05) is 48.1 Å². The summed E-state index contributed by atoms with van der Waals surface area (Å²) in [4.78, 5) is 17.9. The fourth-order valence-corrected chi connectivity index (χ4v) is 5.35. The van der Waals surface area contributed by atoms with Gasteiger partial charge in [0.15, 0.2) is 0 Å². The van der Waals surface area contributed by atoms with Gasteiger partial charge in [0.2, 0.25) is 11.0 Å². The first-order chi connectivity index (χ1) is 15.4. The number of amides is 1. The van der Waals surface area contributed by atoms with Crippen LogP contribution in [0.5, 0.6) is 0 Å². The Hall–Kier alpha value is -2.21. The molecule has 2 aliphatic heterocycles. The van der Waals surface area contributed by atoms with Crippen molar-refractivity contribution >= 4 is 45.8 Å². The molecule has 0 atom stereocenters. The zero-order valence-electron chi connectivity index (χ0n) is 18.4. The summed E-state index contributed by atoms with van der Waals surface area (Å²) < 4.78 is 10.8. The van der Waals surface area contributed by atoms with Gasteiger partial charge in [-0.05, 0) is 31.0 Å². The monoisotopic (exact) mass is 473 g/mol. The second-order valence-electron chi connectivity index (χ2n) is 8.88. The van der Waals surface area contributed by atoms with Crippen molar-refractivity contribution in [2.45, 2.75) is 31.2 Å². The van der Waals surface area contributed by atoms with E-state index < -0.39 is 0 Å². The third-order valence-corrected chi connectivity index (χ3v) is 7.58. The number of anilines is 1. The molecule has 9 nitrogen and oxygen atoms in total. The molecule has 170 valence electrons. The molecule has 2 saturated heterocycles. The number of hydrogen-bond acceptors (Lipinski definition) is 9. The molecule has 0 spiro atoms. The Bertz CT molecular complexity index is 1100. The number of hydrogen-bond donors (Lipinski definition) is 1. The summed E-state index contributed by atoms with van der Waals surface area (Å²) in [5.41, 5.74) is 3.84. The largest absolute Gasteiger partial charge is 0.377 e. The minimum atomic E-state index is -0.0118. The number of nitrogens with one attached hydrogen (secondary N) is 1. The molecular formula is C21H27N7O2S2. The average Bonchev–Trinajstić information content (AvgIpc) is 3.45. The molecule has 1 aromatic carbocycles. The highest BCUT2D eigenvalue weighted by Crippen LogP contribution is 2.35. The lowest BCUT2D eigenvalue weighted by molar-refractivity contribution is -0.134. The van der Waals surface area contributed by atoms with E-state index in [9.17, 15) is 4.79 Å². The number of nitrogens with zero attached hydrogens (tertiary/aromatic N) is 6. The van der Waals surface area contributed by atoms with E-state index in [1.165, 1.54) is 11.3 Å². The van der Waals surface area contributed by atoms with Crippen LogP contribution in [-0.4, -0.2) is 75.7 Å². The molecule has 2 aromatic heterocycles. The van der Waals surface area contributed by atoms with Gasteiger partial charge >= 0.3 is 0 Å². The molecule has 1 N–H and O–H groups in total. The van der Waals surface area contributed by atoms with Crippen LogP contribution in [0.25, 0.3) is 16.0 Å². The molecule has 11 heteroatoms. The van der Waals surface area contributed by atoms with E-state index in [4.69, 9.17) is 4.74 Å². The maximum atomic E-state index is 12.4. The van der Waals surface area contributed by atoms with Gasteiger partial charge in [0.05, 0.1) is 30.5 Å². The van der Waals surface area contributed by atoms with E-state index in [2.05, 4.69) is 44.0 Å². The topological polar surface area (TPSA) is 88.4 Å². The SMILES string of the molecule is CC(C)C(=O)N1CCN(c2cc(SNC3(C)COC3)cc3c2cnn3-c2nncs2)CC1. The quantitative estimate of drug-likeness (QED) is 0.547. The first-order valence-electron chi connectivity index (χ1n) is 10.8. The summed E-state index contributed by atoms with van der Waals surface area (Å²) in [6.45, 7) is 10.6. The van der Waals surface area contributed by atoms with Gasteiger partial charge in [-0.2, -0.15) is 5.10 Å². The van der Waals surface area contributed by atoms with E-state index in [0.29, 0.717) is 13.2 Å². The van der Waals surface area contributed by atoms with Gasteiger partial charge in [0.1, 0.15) is 5.51 Å². The number of rotatable bonds is 6. The number of piperazine rings is 1. The van der Waals surface area contributed by atoms with Gasteiger partial charge in [-0.25, -0.2) is 9.40 Å². The summed E-state index contributed by atoms with van der Waals surface area (Å²) in [5.74, 6) is 0.254. The third kappa shape index (κ3) is 4.09. The Kier molecular flexibility index (Phi) is 5.82. The molecule has 0 radical (unpaired) electrons. The Balaban J connectivity index is 1.46. The average molecular weight is 474 g/mol. The Morgan fingerprint density at radius 3 is 2.66 bits per heavy atom. The molecule has 3 aromatic rings. The third-order valence-electron chi connectivity index (χ3n) is 5.85. The predicted molar refractivity (Wildman–Crippen MR) is 126 cm³/mol. The zero-order valence-corrected chi connectivity index (χ0v) is 20.1. The van der Waals surface area contributed by atoms with Crippen LogP contribution >= 0.6 is 23.3 Å². The second kappa shape index (κ2) is 8.62. The van der Waals surface area contributed by atoms with Gasteiger partial charge in [0.25, 0.3) is 0 Å². The molecule has 2 fully saturated rings. The van der Waals surface area contributed by atoms with Crippen LogP contribution < -0.4 is 9.62 Å². The van der Waals surface area contributed by atoms with Crippen LogP contribution in [0.4, 0.5) is 5.69 Å². The number of aromatic nitrogens is 4. The number of carbonyl (C=O) groups excluding carboxylic acids is 1. The molecule has 4 heterocycles. The molecule has 0 unspecified atom stereocenters. The molecule has 0 saturated carbocycles. The number of fused-ring (bicyclic) bond motifs is 1. The first kappa shape index (κ1) is 21.6.